The first-order valence-corrected chi connectivity index (χ1v) is 3.24. The number of para-hydroxylation sites is 1. The summed E-state index contributed by atoms with van der Waals surface area (Å²) in [5, 5.41) is 17.8. The summed E-state index contributed by atoms with van der Waals surface area (Å²) < 4.78 is 0. The number of aromatic hydroxyl groups is 1. The van der Waals surface area contributed by atoms with E-state index in [1.807, 2.05) is 6.07 Å². The van der Waals surface area contributed by atoms with E-state index in [-0.39, 0.29) is 51.4 Å². The maximum absolute atomic E-state index is 9.14. The molecule has 13 heavy (non-hydrogen) atoms. The summed E-state index contributed by atoms with van der Waals surface area (Å²) in [4.78, 5) is 9.14. The first kappa shape index (κ1) is 15.3. The molecule has 0 aliphatic heterocycles. The molecule has 0 amide bonds. The summed E-state index contributed by atoms with van der Waals surface area (Å²) >= 11 is 0. The number of aliphatic carboxylic acids is 1. The van der Waals surface area contributed by atoms with Crippen molar-refractivity contribution in [2.45, 2.75) is 0 Å². The molecule has 0 saturated carbocycles. The SMILES string of the molecule is C=CC(=O)[O-].Oc1ccccc1.[K+]. The number of rotatable bonds is 1. The summed E-state index contributed by atoms with van der Waals surface area (Å²) in [5.74, 6) is -0.910. The summed E-state index contributed by atoms with van der Waals surface area (Å²) in [7, 11) is 0. The number of carboxylic acid groups (broad SMARTS) is 1. The Labute approximate surface area is 120 Å². The predicted octanol–water partition coefficient (Wildman–Crippen LogP) is -2.68. The van der Waals surface area contributed by atoms with Crippen molar-refractivity contribution in [2.24, 2.45) is 0 Å². The number of phenolic OH excluding ortho intramolecular Hbond substituents is 1. The van der Waals surface area contributed by atoms with Crippen LogP contribution >= 0.6 is 0 Å². The molecule has 0 aliphatic carbocycles. The molecule has 0 fully saturated rings. The third-order valence-electron chi connectivity index (χ3n) is 0.923. The van der Waals surface area contributed by atoms with Gasteiger partial charge in [-0.15, -0.1) is 0 Å². The van der Waals surface area contributed by atoms with Gasteiger partial charge in [0.25, 0.3) is 0 Å². The van der Waals surface area contributed by atoms with Crippen molar-refractivity contribution >= 4 is 5.97 Å². The molecule has 1 N–H and O–H groups in total. The van der Waals surface area contributed by atoms with E-state index in [0.717, 1.165) is 6.08 Å². The third-order valence-corrected chi connectivity index (χ3v) is 0.923. The molecule has 0 heterocycles. The molecule has 1 aromatic carbocycles. The zero-order valence-electron chi connectivity index (χ0n) is 7.43. The topological polar surface area (TPSA) is 60.4 Å². The Morgan fingerprint density at radius 2 is 1.77 bits per heavy atom. The van der Waals surface area contributed by atoms with E-state index >= 15 is 0 Å². The normalized spacial score (nSPS) is 7.08. The second-order valence-corrected chi connectivity index (χ2v) is 1.86. The minimum atomic E-state index is -1.23. The molecule has 64 valence electrons. The molecule has 0 atom stereocenters. The smallest absolute Gasteiger partial charge is 0.545 e. The number of benzene rings is 1. The van der Waals surface area contributed by atoms with Gasteiger partial charge in [0.15, 0.2) is 0 Å². The van der Waals surface area contributed by atoms with Gasteiger partial charge in [-0.2, -0.15) is 0 Å². The van der Waals surface area contributed by atoms with Crippen LogP contribution in [0.1, 0.15) is 0 Å². The van der Waals surface area contributed by atoms with E-state index in [4.69, 9.17) is 15.0 Å². The molecular weight excluding hydrogens is 195 g/mol. The van der Waals surface area contributed by atoms with E-state index in [2.05, 4.69) is 6.58 Å². The molecule has 1 rings (SSSR count). The van der Waals surface area contributed by atoms with Crippen LogP contribution in [-0.4, -0.2) is 11.1 Å². The van der Waals surface area contributed by atoms with Crippen LogP contribution in [-0.2, 0) is 4.79 Å². The summed E-state index contributed by atoms with van der Waals surface area (Å²) in [6.45, 7) is 2.90. The quantitative estimate of drug-likeness (QED) is 0.400. The number of carboxylic acids is 1. The number of carbonyl (C=O) groups is 1. The largest absolute Gasteiger partial charge is 1.00 e. The van der Waals surface area contributed by atoms with E-state index in [1.165, 1.54) is 0 Å². The van der Waals surface area contributed by atoms with Crippen LogP contribution in [0.3, 0.4) is 0 Å². The Bertz CT molecular complexity index is 246. The fourth-order valence-corrected chi connectivity index (χ4v) is 0.428. The third kappa shape index (κ3) is 11.9. The van der Waals surface area contributed by atoms with Crippen LogP contribution < -0.4 is 56.5 Å². The first-order chi connectivity index (χ1) is 5.66. The van der Waals surface area contributed by atoms with Gasteiger partial charge in [0.1, 0.15) is 5.75 Å². The predicted molar refractivity (Wildman–Crippen MR) is 43.3 cm³/mol. The Kier molecular flexibility index (Phi) is 11.7. The maximum Gasteiger partial charge on any atom is 1.00 e. The fraction of sp³-hybridized carbons (Fsp3) is 0. The molecule has 0 aromatic heterocycles. The van der Waals surface area contributed by atoms with Crippen molar-refractivity contribution in [3.8, 4) is 5.75 Å². The molecule has 1 aromatic rings. The Morgan fingerprint density at radius 1 is 1.38 bits per heavy atom. The molecule has 4 heteroatoms. The van der Waals surface area contributed by atoms with Gasteiger partial charge >= 0.3 is 51.4 Å². The number of carbonyl (C=O) groups excluding carboxylic acids is 1. The van der Waals surface area contributed by atoms with Crippen molar-refractivity contribution in [1.82, 2.24) is 0 Å². The van der Waals surface area contributed by atoms with Gasteiger partial charge in [0, 0.05) is 0 Å². The molecule has 0 bridgehead atoms. The van der Waals surface area contributed by atoms with Gasteiger partial charge in [0.05, 0.1) is 5.97 Å². The maximum atomic E-state index is 9.14. The van der Waals surface area contributed by atoms with Crippen LogP contribution in [0.4, 0.5) is 0 Å². The summed E-state index contributed by atoms with van der Waals surface area (Å²) in [6, 6.07) is 8.71. The molecule has 0 radical (unpaired) electrons. The molecule has 0 unspecified atom stereocenters. The van der Waals surface area contributed by atoms with Gasteiger partial charge < -0.3 is 15.0 Å². The van der Waals surface area contributed by atoms with Gasteiger partial charge in [-0.05, 0) is 18.2 Å². The van der Waals surface area contributed by atoms with Crippen molar-refractivity contribution in [3.63, 3.8) is 0 Å². The minimum absolute atomic E-state index is 0. The first-order valence-electron chi connectivity index (χ1n) is 3.24. The van der Waals surface area contributed by atoms with Crippen molar-refractivity contribution in [1.29, 1.82) is 0 Å². The number of phenols is 1. The molecular formula is C9H9KO3. The molecule has 0 saturated heterocycles. The monoisotopic (exact) mass is 204 g/mol. The number of hydrogen-bond donors (Lipinski definition) is 1. The zero-order chi connectivity index (χ0) is 9.40. The minimum Gasteiger partial charge on any atom is -0.545 e. The van der Waals surface area contributed by atoms with Crippen molar-refractivity contribution in [3.05, 3.63) is 43.0 Å². The fourth-order valence-electron chi connectivity index (χ4n) is 0.428. The van der Waals surface area contributed by atoms with Gasteiger partial charge in [-0.1, -0.05) is 24.8 Å². The van der Waals surface area contributed by atoms with Crippen molar-refractivity contribution in [2.75, 3.05) is 0 Å². The van der Waals surface area contributed by atoms with E-state index < -0.39 is 5.97 Å². The van der Waals surface area contributed by atoms with Crippen LogP contribution in [0.2, 0.25) is 0 Å². The van der Waals surface area contributed by atoms with E-state index in [9.17, 15) is 0 Å². The standard InChI is InChI=1S/C6H6O.C3H4O2.K/c7-6-4-2-1-3-5-6;1-2-3(4)5;/h1-5,7H;2H,1H2,(H,4,5);/q;;+1/p-1. The zero-order valence-corrected chi connectivity index (χ0v) is 10.6. The van der Waals surface area contributed by atoms with Crippen LogP contribution in [0.25, 0.3) is 0 Å². The van der Waals surface area contributed by atoms with Gasteiger partial charge in [-0.3, -0.25) is 0 Å². The van der Waals surface area contributed by atoms with Crippen LogP contribution in [0.15, 0.2) is 43.0 Å². The summed E-state index contributed by atoms with van der Waals surface area (Å²) in [5.41, 5.74) is 0. The summed E-state index contributed by atoms with van der Waals surface area (Å²) in [6.07, 6.45) is 0.722. The Balaban J connectivity index is 0. The van der Waals surface area contributed by atoms with Crippen LogP contribution in [0.5, 0.6) is 5.75 Å². The Hall–Kier alpha value is -0.134. The number of hydrogen-bond acceptors (Lipinski definition) is 3. The van der Waals surface area contributed by atoms with Gasteiger partial charge in [0.2, 0.25) is 0 Å². The molecule has 0 aliphatic rings. The second-order valence-electron chi connectivity index (χ2n) is 1.86. The van der Waals surface area contributed by atoms with E-state index in [1.54, 1.807) is 24.3 Å². The van der Waals surface area contributed by atoms with Gasteiger partial charge in [-0.25, -0.2) is 0 Å². The average Bonchev–Trinajstić information content (AvgIpc) is 2.07. The van der Waals surface area contributed by atoms with E-state index in [0.29, 0.717) is 5.75 Å². The van der Waals surface area contributed by atoms with Crippen molar-refractivity contribution < 1.29 is 66.4 Å². The Morgan fingerprint density at radius 3 is 1.92 bits per heavy atom. The average molecular weight is 204 g/mol. The molecule has 0 spiro atoms. The van der Waals surface area contributed by atoms with Crippen LogP contribution in [0, 0.1) is 0 Å². The molecule has 3 nitrogen and oxygen atoms in total. The second kappa shape index (κ2) is 9.95.